The highest BCUT2D eigenvalue weighted by Gasteiger charge is 2.29. The molecular formula is C25H25BrFN5O2. The number of methoxy groups -OCH3 is 1. The Kier molecular flexibility index (Phi) is 6.12. The normalized spacial score (nSPS) is 15.9. The number of rotatable bonds is 4. The molecule has 0 unspecified atom stereocenters. The highest BCUT2D eigenvalue weighted by atomic mass is 79.9. The Labute approximate surface area is 206 Å². The molecule has 3 heterocycles. The Balaban J connectivity index is 1.44. The van der Waals surface area contributed by atoms with Gasteiger partial charge >= 0.3 is 6.01 Å². The van der Waals surface area contributed by atoms with Crippen molar-refractivity contribution in [2.45, 2.75) is 13.0 Å². The molecule has 0 spiro atoms. The minimum atomic E-state index is -0.922. The molecule has 0 atom stereocenters. The molecule has 1 fully saturated rings. The quantitative estimate of drug-likeness (QED) is 0.478. The van der Waals surface area contributed by atoms with Gasteiger partial charge in [0, 0.05) is 53.8 Å². The van der Waals surface area contributed by atoms with Crippen LogP contribution in [0.25, 0.3) is 10.8 Å². The molecule has 0 saturated carbocycles. The van der Waals surface area contributed by atoms with Crippen molar-refractivity contribution in [3.63, 3.8) is 0 Å². The van der Waals surface area contributed by atoms with Crippen LogP contribution in [0, 0.1) is 0 Å². The monoisotopic (exact) mass is 525 g/mol. The molecule has 7 nitrogen and oxygen atoms in total. The SMILES string of the molecule is C=C(F)C(=O)N1CCN(c2nc(OC)nc3c2CCN(c2cccc4cccc(Br)c24)C3)CC1. The molecule has 3 aromatic rings. The molecule has 9 heteroatoms. The predicted octanol–water partition coefficient (Wildman–Crippen LogP) is 4.10. The van der Waals surface area contributed by atoms with Gasteiger partial charge in [0.05, 0.1) is 19.3 Å². The Morgan fingerprint density at radius 3 is 2.50 bits per heavy atom. The lowest BCUT2D eigenvalue weighted by molar-refractivity contribution is -0.128. The lowest BCUT2D eigenvalue weighted by Gasteiger charge is -2.38. The fourth-order valence-corrected chi connectivity index (χ4v) is 5.36. The van der Waals surface area contributed by atoms with Gasteiger partial charge < -0.3 is 19.4 Å². The lowest BCUT2D eigenvalue weighted by atomic mass is 10.0. The van der Waals surface area contributed by atoms with Crippen LogP contribution >= 0.6 is 15.9 Å². The first-order chi connectivity index (χ1) is 16.5. The number of aromatic nitrogens is 2. The van der Waals surface area contributed by atoms with E-state index in [2.05, 4.69) is 67.6 Å². The molecule has 2 aliphatic rings. The summed E-state index contributed by atoms with van der Waals surface area (Å²) in [6.45, 7) is 6.55. The maximum Gasteiger partial charge on any atom is 0.318 e. The summed E-state index contributed by atoms with van der Waals surface area (Å²) in [5.74, 6) is -0.722. The average Bonchev–Trinajstić information content (AvgIpc) is 2.87. The molecule has 1 saturated heterocycles. The van der Waals surface area contributed by atoms with Crippen LogP contribution in [0.4, 0.5) is 15.9 Å². The van der Waals surface area contributed by atoms with E-state index < -0.39 is 11.7 Å². The van der Waals surface area contributed by atoms with Crippen molar-refractivity contribution < 1.29 is 13.9 Å². The van der Waals surface area contributed by atoms with Gasteiger partial charge in [0.15, 0.2) is 5.83 Å². The second-order valence-corrected chi connectivity index (χ2v) is 9.28. The van der Waals surface area contributed by atoms with Crippen LogP contribution in [-0.4, -0.2) is 60.6 Å². The average molecular weight is 526 g/mol. The van der Waals surface area contributed by atoms with Gasteiger partial charge in [-0.05, 0) is 23.9 Å². The third-order valence-electron chi connectivity index (χ3n) is 6.48. The summed E-state index contributed by atoms with van der Waals surface area (Å²) in [5, 5.41) is 2.37. The fourth-order valence-electron chi connectivity index (χ4n) is 4.78. The van der Waals surface area contributed by atoms with Crippen LogP contribution in [-0.2, 0) is 17.8 Å². The molecule has 34 heavy (non-hydrogen) atoms. The summed E-state index contributed by atoms with van der Waals surface area (Å²) >= 11 is 3.72. The van der Waals surface area contributed by atoms with Gasteiger partial charge in [-0.25, -0.2) is 4.39 Å². The summed E-state index contributed by atoms with van der Waals surface area (Å²) in [5.41, 5.74) is 3.20. The summed E-state index contributed by atoms with van der Waals surface area (Å²) in [6, 6.07) is 12.9. The zero-order valence-corrected chi connectivity index (χ0v) is 20.5. The number of hydrogen-bond acceptors (Lipinski definition) is 6. The van der Waals surface area contributed by atoms with Crippen molar-refractivity contribution in [1.29, 1.82) is 0 Å². The second kappa shape index (κ2) is 9.21. The third-order valence-corrected chi connectivity index (χ3v) is 7.14. The van der Waals surface area contributed by atoms with E-state index in [9.17, 15) is 9.18 Å². The molecule has 2 aromatic carbocycles. The Morgan fingerprint density at radius 2 is 1.79 bits per heavy atom. The van der Waals surface area contributed by atoms with Crippen LogP contribution in [0.5, 0.6) is 6.01 Å². The van der Waals surface area contributed by atoms with E-state index in [4.69, 9.17) is 9.72 Å². The molecule has 1 amide bonds. The van der Waals surface area contributed by atoms with Crippen LogP contribution in [0.1, 0.15) is 11.3 Å². The van der Waals surface area contributed by atoms with Crippen molar-refractivity contribution in [2.24, 2.45) is 0 Å². The van der Waals surface area contributed by atoms with Gasteiger partial charge in [0.2, 0.25) is 0 Å². The topological polar surface area (TPSA) is 61.8 Å². The smallest absolute Gasteiger partial charge is 0.318 e. The summed E-state index contributed by atoms with van der Waals surface area (Å²) < 4.78 is 19.8. The van der Waals surface area contributed by atoms with Crippen LogP contribution in [0.3, 0.4) is 0 Å². The Bertz CT molecular complexity index is 1270. The van der Waals surface area contributed by atoms with Crippen molar-refractivity contribution in [1.82, 2.24) is 14.9 Å². The molecule has 0 radical (unpaired) electrons. The highest BCUT2D eigenvalue weighted by Crippen LogP contribution is 2.37. The van der Waals surface area contributed by atoms with Crippen LogP contribution < -0.4 is 14.5 Å². The largest absolute Gasteiger partial charge is 0.467 e. The number of benzene rings is 2. The maximum absolute atomic E-state index is 13.3. The molecule has 2 aliphatic heterocycles. The minimum Gasteiger partial charge on any atom is -0.467 e. The van der Waals surface area contributed by atoms with Crippen molar-refractivity contribution in [2.75, 3.05) is 49.6 Å². The highest BCUT2D eigenvalue weighted by molar-refractivity contribution is 9.10. The van der Waals surface area contributed by atoms with E-state index in [0.717, 1.165) is 40.2 Å². The predicted molar refractivity (Wildman–Crippen MR) is 134 cm³/mol. The maximum atomic E-state index is 13.3. The van der Waals surface area contributed by atoms with E-state index >= 15 is 0 Å². The number of carbonyl (C=O) groups excluding carboxylic acids is 1. The van der Waals surface area contributed by atoms with Gasteiger partial charge in [-0.3, -0.25) is 4.79 Å². The Hall–Kier alpha value is -3.20. The summed E-state index contributed by atoms with van der Waals surface area (Å²) in [7, 11) is 1.57. The zero-order valence-electron chi connectivity index (χ0n) is 18.9. The number of amides is 1. The standard InChI is InChI=1S/C25H25BrFN5O2/c1-16(27)24(33)31-13-11-30(12-14-31)23-18-9-10-32(15-20(18)28-25(29-23)34-2)21-8-4-6-17-5-3-7-19(26)22(17)21/h3-8H,1,9-15H2,2H3. The second-order valence-electron chi connectivity index (χ2n) is 8.43. The van der Waals surface area contributed by atoms with E-state index in [-0.39, 0.29) is 0 Å². The molecule has 0 N–H and O–H groups in total. The minimum absolute atomic E-state index is 0.324. The number of halogens is 2. The van der Waals surface area contributed by atoms with E-state index in [0.29, 0.717) is 38.7 Å². The molecule has 176 valence electrons. The fraction of sp³-hybridized carbons (Fsp3) is 0.320. The van der Waals surface area contributed by atoms with E-state index in [1.54, 1.807) is 7.11 Å². The number of ether oxygens (including phenoxy) is 1. The van der Waals surface area contributed by atoms with Crippen molar-refractivity contribution in [3.8, 4) is 6.01 Å². The van der Waals surface area contributed by atoms with E-state index in [1.165, 1.54) is 15.7 Å². The molecule has 0 aliphatic carbocycles. The zero-order chi connectivity index (χ0) is 23.8. The van der Waals surface area contributed by atoms with Gasteiger partial charge in [0.1, 0.15) is 5.82 Å². The molecule has 1 aromatic heterocycles. The number of piperazine rings is 1. The van der Waals surface area contributed by atoms with Crippen LogP contribution in [0.15, 0.2) is 53.3 Å². The molecule has 0 bridgehead atoms. The number of fused-ring (bicyclic) bond motifs is 2. The number of carbonyl (C=O) groups is 1. The Morgan fingerprint density at radius 1 is 1.06 bits per heavy atom. The van der Waals surface area contributed by atoms with Gasteiger partial charge in [-0.2, -0.15) is 9.97 Å². The van der Waals surface area contributed by atoms with Crippen molar-refractivity contribution >= 4 is 44.1 Å². The lowest BCUT2D eigenvalue weighted by Crippen LogP contribution is -2.49. The summed E-state index contributed by atoms with van der Waals surface area (Å²) in [6.07, 6.45) is 0.788. The van der Waals surface area contributed by atoms with Gasteiger partial charge in [-0.15, -0.1) is 0 Å². The summed E-state index contributed by atoms with van der Waals surface area (Å²) in [4.78, 5) is 27.3. The van der Waals surface area contributed by atoms with Crippen molar-refractivity contribution in [3.05, 3.63) is 64.5 Å². The third kappa shape index (κ3) is 4.09. The molecular weight excluding hydrogens is 501 g/mol. The number of anilines is 2. The van der Waals surface area contributed by atoms with Crippen LogP contribution in [0.2, 0.25) is 0 Å². The van der Waals surface area contributed by atoms with Gasteiger partial charge in [0.25, 0.3) is 5.91 Å². The number of nitrogens with zero attached hydrogens (tertiary/aromatic N) is 5. The first kappa shape index (κ1) is 22.6. The molecule has 5 rings (SSSR count). The first-order valence-corrected chi connectivity index (χ1v) is 12.0. The number of hydrogen-bond donors (Lipinski definition) is 0. The first-order valence-electron chi connectivity index (χ1n) is 11.2. The van der Waals surface area contributed by atoms with E-state index in [1.807, 2.05) is 6.07 Å². The van der Waals surface area contributed by atoms with Gasteiger partial charge in [-0.1, -0.05) is 46.8 Å².